The molecule has 1 N–H and O–H groups in total. The lowest BCUT2D eigenvalue weighted by Crippen LogP contribution is -2.06. The van der Waals surface area contributed by atoms with Crippen LogP contribution in [0.2, 0.25) is 0 Å². The van der Waals surface area contributed by atoms with Crippen molar-refractivity contribution < 1.29 is 5.11 Å². The summed E-state index contributed by atoms with van der Waals surface area (Å²) in [5.74, 6) is 0.516. The zero-order valence-electron chi connectivity index (χ0n) is 10.3. The zero-order chi connectivity index (χ0) is 11.6. The predicted molar refractivity (Wildman–Crippen MR) is 66.2 cm³/mol. The molecule has 1 atom stereocenters. The molecule has 0 aliphatic carbocycles. The molecule has 0 radical (unpaired) electrons. The Morgan fingerprint density at radius 2 is 2.06 bits per heavy atom. The van der Waals surface area contributed by atoms with Gasteiger partial charge in [-0.1, -0.05) is 26.2 Å². The van der Waals surface area contributed by atoms with Crippen molar-refractivity contribution in [1.29, 1.82) is 0 Å². The summed E-state index contributed by atoms with van der Waals surface area (Å²) >= 11 is 0. The number of unbranched alkanes of at least 4 members (excludes halogenated alkanes) is 2. The van der Waals surface area contributed by atoms with Gasteiger partial charge in [0.2, 0.25) is 0 Å². The Bertz CT molecular complexity index is 246. The summed E-state index contributed by atoms with van der Waals surface area (Å²) in [5, 5.41) is 9.22. The summed E-state index contributed by atoms with van der Waals surface area (Å²) in [6, 6.07) is 0. The third-order valence-corrected chi connectivity index (χ3v) is 3.06. The number of rotatable bonds is 9. The summed E-state index contributed by atoms with van der Waals surface area (Å²) in [7, 11) is 0. The van der Waals surface area contributed by atoms with E-state index in [-0.39, 0.29) is 0 Å². The van der Waals surface area contributed by atoms with Gasteiger partial charge in [0.1, 0.15) is 0 Å². The molecule has 0 saturated carbocycles. The normalized spacial score (nSPS) is 12.9. The van der Waals surface area contributed by atoms with Gasteiger partial charge in [-0.05, 0) is 25.2 Å². The second-order valence-electron chi connectivity index (χ2n) is 4.49. The van der Waals surface area contributed by atoms with Crippen LogP contribution < -0.4 is 0 Å². The lowest BCUT2D eigenvalue weighted by molar-refractivity contribution is 0.204. The van der Waals surface area contributed by atoms with E-state index in [4.69, 9.17) is 0 Å². The fourth-order valence-corrected chi connectivity index (χ4v) is 1.97. The molecule has 3 nitrogen and oxygen atoms in total. The van der Waals surface area contributed by atoms with Gasteiger partial charge in [-0.2, -0.15) is 0 Å². The van der Waals surface area contributed by atoms with Gasteiger partial charge in [0, 0.05) is 25.5 Å². The largest absolute Gasteiger partial charge is 0.396 e. The molecule has 16 heavy (non-hydrogen) atoms. The van der Waals surface area contributed by atoms with Crippen molar-refractivity contribution in [2.24, 2.45) is 5.92 Å². The quantitative estimate of drug-likeness (QED) is 0.655. The van der Waals surface area contributed by atoms with Crippen molar-refractivity contribution in [1.82, 2.24) is 9.55 Å². The van der Waals surface area contributed by atoms with Crippen LogP contribution >= 0.6 is 0 Å². The standard InChI is InChI=1S/C13H24N2O/c1-2-3-6-13(11-16)7-4-5-9-15-10-8-14-12-15/h8,10,12-13,16H,2-7,9,11H2,1H3/t13-/m0/s1. The number of imidazole rings is 1. The topological polar surface area (TPSA) is 38.0 Å². The number of nitrogens with zero attached hydrogens (tertiary/aromatic N) is 2. The van der Waals surface area contributed by atoms with E-state index in [2.05, 4.69) is 16.5 Å². The Hall–Kier alpha value is -0.830. The van der Waals surface area contributed by atoms with Crippen molar-refractivity contribution >= 4 is 0 Å². The van der Waals surface area contributed by atoms with Crippen LogP contribution in [0.15, 0.2) is 18.7 Å². The third-order valence-electron chi connectivity index (χ3n) is 3.06. The molecule has 0 spiro atoms. The minimum Gasteiger partial charge on any atom is -0.396 e. The summed E-state index contributed by atoms with van der Waals surface area (Å²) < 4.78 is 2.11. The highest BCUT2D eigenvalue weighted by atomic mass is 16.3. The first-order chi connectivity index (χ1) is 7.86. The van der Waals surface area contributed by atoms with Crippen molar-refractivity contribution in [3.63, 3.8) is 0 Å². The SMILES string of the molecule is CCCC[C@H](CO)CCCCn1ccnc1. The molecule has 92 valence electrons. The van der Waals surface area contributed by atoms with Crippen LogP contribution in [0.5, 0.6) is 0 Å². The van der Waals surface area contributed by atoms with E-state index in [0.29, 0.717) is 12.5 Å². The second kappa shape index (κ2) is 8.34. The number of aliphatic hydroxyl groups is 1. The van der Waals surface area contributed by atoms with E-state index in [1.807, 2.05) is 18.7 Å². The maximum absolute atomic E-state index is 9.22. The van der Waals surface area contributed by atoms with Gasteiger partial charge in [-0.3, -0.25) is 0 Å². The van der Waals surface area contributed by atoms with E-state index in [1.54, 1.807) is 0 Å². The van der Waals surface area contributed by atoms with Crippen LogP contribution in [-0.4, -0.2) is 21.3 Å². The number of aliphatic hydroxyl groups excluding tert-OH is 1. The lowest BCUT2D eigenvalue weighted by atomic mass is 9.97. The molecular formula is C13H24N2O. The molecule has 1 heterocycles. The van der Waals surface area contributed by atoms with E-state index in [9.17, 15) is 5.11 Å². The maximum atomic E-state index is 9.22. The van der Waals surface area contributed by atoms with Crippen molar-refractivity contribution in [2.45, 2.75) is 52.0 Å². The monoisotopic (exact) mass is 224 g/mol. The molecule has 0 saturated heterocycles. The Kier molecular flexibility index (Phi) is 6.90. The first-order valence-corrected chi connectivity index (χ1v) is 6.43. The summed E-state index contributed by atoms with van der Waals surface area (Å²) in [4.78, 5) is 4.02. The molecular weight excluding hydrogens is 200 g/mol. The summed E-state index contributed by atoms with van der Waals surface area (Å²) in [5.41, 5.74) is 0. The minimum absolute atomic E-state index is 0.352. The number of hydrogen-bond donors (Lipinski definition) is 1. The van der Waals surface area contributed by atoms with Crippen LogP contribution in [0, 0.1) is 5.92 Å². The number of aryl methyl sites for hydroxylation is 1. The van der Waals surface area contributed by atoms with Crippen molar-refractivity contribution in [2.75, 3.05) is 6.61 Å². The number of hydrogen-bond acceptors (Lipinski definition) is 2. The van der Waals surface area contributed by atoms with Gasteiger partial charge in [0.15, 0.2) is 0 Å². The third kappa shape index (κ3) is 5.31. The lowest BCUT2D eigenvalue weighted by Gasteiger charge is -2.13. The average molecular weight is 224 g/mol. The molecule has 3 heteroatoms. The van der Waals surface area contributed by atoms with Crippen LogP contribution in [-0.2, 0) is 6.54 Å². The fraction of sp³-hybridized carbons (Fsp3) is 0.769. The molecule has 0 unspecified atom stereocenters. The van der Waals surface area contributed by atoms with Crippen LogP contribution in [0.3, 0.4) is 0 Å². The molecule has 0 amide bonds. The Morgan fingerprint density at radius 1 is 1.25 bits per heavy atom. The van der Waals surface area contributed by atoms with Crippen LogP contribution in [0.25, 0.3) is 0 Å². The maximum Gasteiger partial charge on any atom is 0.0945 e. The Labute approximate surface area is 98.5 Å². The molecule has 1 aromatic rings. The Morgan fingerprint density at radius 3 is 2.69 bits per heavy atom. The average Bonchev–Trinajstić information content (AvgIpc) is 2.81. The molecule has 1 rings (SSSR count). The molecule has 0 aliphatic rings. The van der Waals surface area contributed by atoms with Crippen molar-refractivity contribution in [3.05, 3.63) is 18.7 Å². The minimum atomic E-state index is 0.352. The fourth-order valence-electron chi connectivity index (χ4n) is 1.97. The van der Waals surface area contributed by atoms with E-state index < -0.39 is 0 Å². The second-order valence-corrected chi connectivity index (χ2v) is 4.49. The molecule has 0 fully saturated rings. The molecule has 1 aromatic heterocycles. The van der Waals surface area contributed by atoms with Gasteiger partial charge < -0.3 is 9.67 Å². The number of aromatic nitrogens is 2. The molecule has 0 aliphatic heterocycles. The Balaban J connectivity index is 2.04. The van der Waals surface area contributed by atoms with Gasteiger partial charge in [-0.15, -0.1) is 0 Å². The van der Waals surface area contributed by atoms with E-state index >= 15 is 0 Å². The smallest absolute Gasteiger partial charge is 0.0945 e. The predicted octanol–water partition coefficient (Wildman–Crippen LogP) is 2.85. The highest BCUT2D eigenvalue weighted by Gasteiger charge is 2.06. The summed E-state index contributed by atoms with van der Waals surface area (Å²) in [6.45, 7) is 3.60. The van der Waals surface area contributed by atoms with Crippen LogP contribution in [0.1, 0.15) is 45.4 Å². The van der Waals surface area contributed by atoms with Gasteiger partial charge in [-0.25, -0.2) is 4.98 Å². The van der Waals surface area contributed by atoms with Gasteiger partial charge in [0.25, 0.3) is 0 Å². The first kappa shape index (κ1) is 13.2. The van der Waals surface area contributed by atoms with Gasteiger partial charge >= 0.3 is 0 Å². The molecule has 0 aromatic carbocycles. The molecule has 0 bridgehead atoms. The highest BCUT2D eigenvalue weighted by molar-refractivity contribution is 4.73. The van der Waals surface area contributed by atoms with E-state index in [0.717, 1.165) is 13.0 Å². The van der Waals surface area contributed by atoms with E-state index in [1.165, 1.54) is 32.1 Å². The zero-order valence-corrected chi connectivity index (χ0v) is 10.3. The first-order valence-electron chi connectivity index (χ1n) is 6.43. The van der Waals surface area contributed by atoms with Crippen LogP contribution in [0.4, 0.5) is 0 Å². The van der Waals surface area contributed by atoms with Gasteiger partial charge in [0.05, 0.1) is 6.33 Å². The summed E-state index contributed by atoms with van der Waals surface area (Å²) in [6.07, 6.45) is 12.9. The van der Waals surface area contributed by atoms with Crippen molar-refractivity contribution in [3.8, 4) is 0 Å². The highest BCUT2D eigenvalue weighted by Crippen LogP contribution is 2.15.